The first kappa shape index (κ1) is 20.9. The molecule has 0 heterocycles. The van der Waals surface area contributed by atoms with Gasteiger partial charge in [0.15, 0.2) is 0 Å². The van der Waals surface area contributed by atoms with Gasteiger partial charge in [-0.1, -0.05) is 49.6 Å². The summed E-state index contributed by atoms with van der Waals surface area (Å²) in [6.45, 7) is 0.110. The molecule has 0 aromatic heterocycles. The molecular formula is C20H28N2O5. The smallest absolute Gasteiger partial charge is 0.410 e. The first-order valence-corrected chi connectivity index (χ1v) is 9.25. The molecule has 0 spiro atoms. The highest BCUT2D eigenvalue weighted by Gasteiger charge is 2.44. The number of carbonyl (C=O) groups is 3. The minimum atomic E-state index is -0.832. The first-order chi connectivity index (χ1) is 12.9. The average molecular weight is 376 g/mol. The topological polar surface area (TPSA) is 87.2 Å². The van der Waals surface area contributed by atoms with Crippen LogP contribution in [0.15, 0.2) is 30.3 Å². The lowest BCUT2D eigenvalue weighted by Crippen LogP contribution is -2.48. The molecule has 1 aliphatic rings. The van der Waals surface area contributed by atoms with Crippen LogP contribution in [0.1, 0.15) is 44.1 Å². The van der Waals surface area contributed by atoms with Crippen molar-refractivity contribution in [3.8, 4) is 0 Å². The van der Waals surface area contributed by atoms with E-state index in [2.05, 4.69) is 0 Å². The fourth-order valence-electron chi connectivity index (χ4n) is 3.71. The maximum Gasteiger partial charge on any atom is 0.410 e. The summed E-state index contributed by atoms with van der Waals surface area (Å²) < 4.78 is 5.29. The van der Waals surface area contributed by atoms with Crippen molar-refractivity contribution < 1.29 is 24.3 Å². The maximum absolute atomic E-state index is 12.6. The van der Waals surface area contributed by atoms with Crippen molar-refractivity contribution in [1.29, 1.82) is 0 Å². The Morgan fingerprint density at radius 1 is 1.19 bits per heavy atom. The zero-order chi connectivity index (χ0) is 19.9. The van der Waals surface area contributed by atoms with Crippen LogP contribution in [0.4, 0.5) is 4.79 Å². The molecule has 1 aromatic rings. The van der Waals surface area contributed by atoms with Crippen LogP contribution in [-0.2, 0) is 20.9 Å². The van der Waals surface area contributed by atoms with E-state index in [0.29, 0.717) is 24.2 Å². The van der Waals surface area contributed by atoms with E-state index in [0.717, 1.165) is 24.8 Å². The van der Waals surface area contributed by atoms with E-state index < -0.39 is 23.5 Å². The fourth-order valence-corrected chi connectivity index (χ4v) is 3.71. The second-order valence-corrected chi connectivity index (χ2v) is 7.23. The van der Waals surface area contributed by atoms with Crippen molar-refractivity contribution in [2.24, 2.45) is 5.41 Å². The monoisotopic (exact) mass is 376 g/mol. The molecule has 0 radical (unpaired) electrons. The van der Waals surface area contributed by atoms with Gasteiger partial charge in [-0.15, -0.1) is 0 Å². The van der Waals surface area contributed by atoms with Gasteiger partial charge in [0, 0.05) is 14.1 Å². The van der Waals surface area contributed by atoms with Crippen LogP contribution in [0.5, 0.6) is 0 Å². The Kier molecular flexibility index (Phi) is 7.36. The Morgan fingerprint density at radius 3 is 2.37 bits per heavy atom. The number of hydroxylamine groups is 2. The number of rotatable bonds is 7. The summed E-state index contributed by atoms with van der Waals surface area (Å²) in [6, 6.07) is 8.47. The van der Waals surface area contributed by atoms with Crippen molar-refractivity contribution in [3.05, 3.63) is 35.9 Å². The number of hydrogen-bond acceptors (Lipinski definition) is 5. The zero-order valence-electron chi connectivity index (χ0n) is 16.0. The minimum Gasteiger partial charge on any atom is -0.445 e. The molecule has 1 N–H and O–H groups in total. The quantitative estimate of drug-likeness (QED) is 0.449. The highest BCUT2D eigenvalue weighted by Crippen LogP contribution is 2.42. The third-order valence-electron chi connectivity index (χ3n) is 5.31. The van der Waals surface area contributed by atoms with Crippen LogP contribution < -0.4 is 0 Å². The lowest BCUT2D eigenvalue weighted by atomic mass is 9.69. The zero-order valence-corrected chi connectivity index (χ0v) is 16.0. The molecule has 1 fully saturated rings. The summed E-state index contributed by atoms with van der Waals surface area (Å²) in [5.41, 5.74) is 0.0177. The fraction of sp³-hybridized carbons (Fsp3) is 0.550. The van der Waals surface area contributed by atoms with E-state index >= 15 is 0 Å². The van der Waals surface area contributed by atoms with Gasteiger partial charge < -0.3 is 14.4 Å². The lowest BCUT2D eigenvalue weighted by molar-refractivity contribution is -0.174. The molecule has 1 atom stereocenters. The second-order valence-electron chi connectivity index (χ2n) is 7.23. The maximum atomic E-state index is 12.6. The Bertz CT molecular complexity index is 641. The van der Waals surface area contributed by atoms with Crippen molar-refractivity contribution in [3.63, 3.8) is 0 Å². The van der Waals surface area contributed by atoms with Gasteiger partial charge in [-0.05, 0) is 24.8 Å². The number of carbonyl (C=O) groups excluding carboxylic acids is 3. The van der Waals surface area contributed by atoms with Gasteiger partial charge in [-0.2, -0.15) is 0 Å². The predicted octanol–water partition coefficient (Wildman–Crippen LogP) is 3.01. The van der Waals surface area contributed by atoms with Crippen LogP contribution in [0, 0.1) is 5.41 Å². The molecular weight excluding hydrogens is 348 g/mol. The van der Waals surface area contributed by atoms with E-state index in [1.54, 1.807) is 0 Å². The third-order valence-corrected chi connectivity index (χ3v) is 5.31. The van der Waals surface area contributed by atoms with Crippen LogP contribution in [0.3, 0.4) is 0 Å². The molecule has 7 nitrogen and oxygen atoms in total. The Balaban J connectivity index is 2.05. The molecule has 2 rings (SSSR count). The summed E-state index contributed by atoms with van der Waals surface area (Å²) >= 11 is 0. The molecule has 2 amide bonds. The van der Waals surface area contributed by atoms with Crippen LogP contribution in [0.2, 0.25) is 0 Å². The number of nitrogens with zero attached hydrogens (tertiary/aromatic N) is 2. The van der Waals surface area contributed by atoms with E-state index in [-0.39, 0.29) is 13.0 Å². The highest BCUT2D eigenvalue weighted by molar-refractivity contribution is 5.82. The van der Waals surface area contributed by atoms with Crippen LogP contribution in [-0.4, -0.2) is 53.6 Å². The minimum absolute atomic E-state index is 0.110. The average Bonchev–Trinajstić information content (AvgIpc) is 2.70. The molecule has 0 aliphatic heterocycles. The summed E-state index contributed by atoms with van der Waals surface area (Å²) in [7, 11) is 2.79. The number of likely N-dealkylation sites (N-methyl/N-ethyl adjacent to an activating group) is 1. The number of aldehydes is 1. The predicted molar refractivity (Wildman–Crippen MR) is 98.9 cm³/mol. The van der Waals surface area contributed by atoms with Gasteiger partial charge >= 0.3 is 6.09 Å². The van der Waals surface area contributed by atoms with Gasteiger partial charge in [-0.3, -0.25) is 10.0 Å². The lowest BCUT2D eigenvalue weighted by Gasteiger charge is -2.39. The summed E-state index contributed by atoms with van der Waals surface area (Å²) in [5.74, 6) is -0.403. The highest BCUT2D eigenvalue weighted by atomic mass is 16.6. The van der Waals surface area contributed by atoms with E-state index in [1.165, 1.54) is 19.0 Å². The Labute approximate surface area is 159 Å². The van der Waals surface area contributed by atoms with Gasteiger partial charge in [0.05, 0.1) is 11.5 Å². The molecule has 1 aliphatic carbocycles. The third kappa shape index (κ3) is 5.29. The first-order valence-electron chi connectivity index (χ1n) is 9.25. The SMILES string of the molecule is CN(O)C(=O)C1(C[C@@H](C=O)N(C)C(=O)OCc2ccccc2)CCCCC1. The molecule has 1 saturated carbocycles. The largest absolute Gasteiger partial charge is 0.445 e. The van der Waals surface area contributed by atoms with Crippen molar-refractivity contribution in [1.82, 2.24) is 9.96 Å². The molecule has 148 valence electrons. The van der Waals surface area contributed by atoms with E-state index in [9.17, 15) is 19.6 Å². The van der Waals surface area contributed by atoms with Gasteiger partial charge in [0.2, 0.25) is 0 Å². The van der Waals surface area contributed by atoms with Crippen molar-refractivity contribution >= 4 is 18.3 Å². The summed E-state index contributed by atoms with van der Waals surface area (Å²) in [5, 5.41) is 10.3. The van der Waals surface area contributed by atoms with Crippen LogP contribution in [0.25, 0.3) is 0 Å². The molecule has 7 heteroatoms. The molecule has 0 bridgehead atoms. The normalized spacial score (nSPS) is 16.9. The van der Waals surface area contributed by atoms with E-state index in [4.69, 9.17) is 4.74 Å². The Hall–Kier alpha value is -2.41. The summed E-state index contributed by atoms with van der Waals surface area (Å²) in [4.78, 5) is 37.9. The van der Waals surface area contributed by atoms with Gasteiger partial charge in [-0.25, -0.2) is 9.86 Å². The summed E-state index contributed by atoms with van der Waals surface area (Å²) in [6.07, 6.45) is 4.14. The number of amides is 2. The molecule has 27 heavy (non-hydrogen) atoms. The van der Waals surface area contributed by atoms with Crippen LogP contribution >= 0.6 is 0 Å². The number of ether oxygens (including phenoxy) is 1. The molecule has 0 unspecified atom stereocenters. The number of benzene rings is 1. The Morgan fingerprint density at radius 2 is 1.81 bits per heavy atom. The van der Waals surface area contributed by atoms with Crippen molar-refractivity contribution in [2.75, 3.05) is 14.1 Å². The molecule has 1 aromatic carbocycles. The van der Waals surface area contributed by atoms with E-state index in [1.807, 2.05) is 30.3 Å². The number of hydrogen-bond donors (Lipinski definition) is 1. The standard InChI is InChI=1S/C20H28N2O5/c1-21(19(25)27-15-16-9-5-3-6-10-16)17(14-23)13-20(18(24)22(2)26)11-7-4-8-12-20/h3,5-6,9-10,14,17,26H,4,7-8,11-13,15H2,1-2H3/t17-/m0/s1. The van der Waals surface area contributed by atoms with Crippen molar-refractivity contribution in [2.45, 2.75) is 51.2 Å². The van der Waals surface area contributed by atoms with Gasteiger partial charge in [0.25, 0.3) is 5.91 Å². The van der Waals surface area contributed by atoms with Gasteiger partial charge in [0.1, 0.15) is 12.9 Å². The second kappa shape index (κ2) is 9.50. The molecule has 0 saturated heterocycles.